The van der Waals surface area contributed by atoms with Gasteiger partial charge in [-0.05, 0) is 63.0 Å². The van der Waals surface area contributed by atoms with Gasteiger partial charge in [-0.15, -0.1) is 11.3 Å². The zero-order valence-corrected chi connectivity index (χ0v) is 22.8. The number of ether oxygens (including phenoxy) is 1. The van der Waals surface area contributed by atoms with Gasteiger partial charge in [-0.3, -0.25) is 9.69 Å². The molecule has 6 nitrogen and oxygen atoms in total. The molecule has 208 valence electrons. The van der Waals surface area contributed by atoms with E-state index >= 15 is 0 Å². The first-order valence-electron chi connectivity index (χ1n) is 12.7. The fraction of sp³-hybridized carbons (Fsp3) is 0.345. The van der Waals surface area contributed by atoms with Crippen molar-refractivity contribution in [2.75, 3.05) is 18.0 Å². The first kappa shape index (κ1) is 28.7. The minimum Gasteiger partial charge on any atom is -0.484 e. The molecule has 0 radical (unpaired) electrons. The first-order chi connectivity index (χ1) is 18.5. The maximum atomic E-state index is 13.6. The number of carbonyl (C=O) groups excluding carboxylic acids is 1. The van der Waals surface area contributed by atoms with Gasteiger partial charge in [0.25, 0.3) is 5.91 Å². The number of nitrogens with zero attached hydrogens (tertiary/aromatic N) is 2. The van der Waals surface area contributed by atoms with Crippen molar-refractivity contribution in [3.63, 3.8) is 0 Å². The first-order valence-corrected chi connectivity index (χ1v) is 13.5. The summed E-state index contributed by atoms with van der Waals surface area (Å²) in [6.45, 7) is 10.1. The predicted molar refractivity (Wildman–Crippen MR) is 149 cm³/mol. The Morgan fingerprint density at radius 3 is 2.56 bits per heavy atom. The minimum absolute atomic E-state index is 0.0315. The standard InChI is InChI=1S/C29H33F3N4O2S/c1-4-36(24-15-20(10-9-18(24)2)17-35-13-11-21(33)12-14-35)26-16-25(27(39-26)28(34)37)38-19(3)22-7-5-6-8-23(22)29(30,31)32/h4-10,15-16,19,21H,1,11-14,17,33H2,2-3H3,(H2,34,37)/t19-/m1/s1. The van der Waals surface area contributed by atoms with Gasteiger partial charge in [0.2, 0.25) is 0 Å². The van der Waals surface area contributed by atoms with Gasteiger partial charge in [0.05, 0.1) is 5.56 Å². The number of piperidine rings is 1. The summed E-state index contributed by atoms with van der Waals surface area (Å²) in [5.74, 6) is -0.604. The second kappa shape index (κ2) is 11.8. The Bertz CT molecular complexity index is 1330. The third-order valence-electron chi connectivity index (χ3n) is 6.91. The van der Waals surface area contributed by atoms with Crippen LogP contribution in [0.4, 0.5) is 23.9 Å². The van der Waals surface area contributed by atoms with Gasteiger partial charge in [0.15, 0.2) is 0 Å². The fourth-order valence-electron chi connectivity index (χ4n) is 4.79. The highest BCUT2D eigenvalue weighted by Gasteiger charge is 2.35. The van der Waals surface area contributed by atoms with Crippen LogP contribution in [-0.4, -0.2) is 29.9 Å². The van der Waals surface area contributed by atoms with Crippen LogP contribution in [0.25, 0.3) is 0 Å². The molecule has 10 heteroatoms. The SMILES string of the molecule is C=CN(c1cc(O[C@H](C)c2ccccc2C(F)(F)F)c(C(N)=O)s1)c1cc(CN2CCC(N)CC2)ccc1C. The van der Waals surface area contributed by atoms with E-state index in [0.717, 1.165) is 66.7 Å². The van der Waals surface area contributed by atoms with Gasteiger partial charge >= 0.3 is 6.18 Å². The molecule has 3 aromatic rings. The number of thiophene rings is 1. The van der Waals surface area contributed by atoms with E-state index in [9.17, 15) is 18.0 Å². The summed E-state index contributed by atoms with van der Waals surface area (Å²) in [5, 5.41) is 0.606. The van der Waals surface area contributed by atoms with Crippen molar-refractivity contribution >= 4 is 27.9 Å². The molecule has 2 heterocycles. The van der Waals surface area contributed by atoms with E-state index in [-0.39, 0.29) is 22.2 Å². The summed E-state index contributed by atoms with van der Waals surface area (Å²) in [4.78, 5) is 16.6. The zero-order chi connectivity index (χ0) is 28.3. The number of anilines is 2. The molecule has 0 aliphatic carbocycles. The fourth-order valence-corrected chi connectivity index (χ4v) is 5.75. The summed E-state index contributed by atoms with van der Waals surface area (Å²) in [6.07, 6.45) is -1.95. The van der Waals surface area contributed by atoms with E-state index in [1.807, 2.05) is 17.9 Å². The van der Waals surface area contributed by atoms with Crippen LogP contribution in [-0.2, 0) is 12.7 Å². The molecule has 2 aromatic carbocycles. The quantitative estimate of drug-likeness (QED) is 0.312. The number of rotatable bonds is 9. The van der Waals surface area contributed by atoms with Gasteiger partial charge in [0.1, 0.15) is 21.7 Å². The lowest BCUT2D eigenvalue weighted by atomic mass is 10.0. The topological polar surface area (TPSA) is 84.8 Å². The normalized spacial score (nSPS) is 15.6. The number of benzene rings is 2. The number of hydrogen-bond donors (Lipinski definition) is 2. The summed E-state index contributed by atoms with van der Waals surface area (Å²) in [5.41, 5.74) is 13.9. The van der Waals surface area contributed by atoms with Crippen LogP contribution in [0.5, 0.6) is 5.75 Å². The molecule has 1 saturated heterocycles. The molecule has 1 aromatic heterocycles. The number of halogens is 3. The summed E-state index contributed by atoms with van der Waals surface area (Å²) in [6, 6.07) is 13.3. The largest absolute Gasteiger partial charge is 0.484 e. The summed E-state index contributed by atoms with van der Waals surface area (Å²) >= 11 is 1.10. The maximum Gasteiger partial charge on any atom is 0.416 e. The lowest BCUT2D eigenvalue weighted by Gasteiger charge is -2.30. The van der Waals surface area contributed by atoms with Crippen molar-refractivity contribution < 1.29 is 22.7 Å². The van der Waals surface area contributed by atoms with Gasteiger partial charge in [-0.25, -0.2) is 0 Å². The lowest BCUT2D eigenvalue weighted by Crippen LogP contribution is -2.39. The Kier molecular flexibility index (Phi) is 8.68. The minimum atomic E-state index is -4.54. The molecule has 0 bridgehead atoms. The number of primary amides is 1. The van der Waals surface area contributed by atoms with Crippen molar-refractivity contribution in [3.05, 3.63) is 88.4 Å². The Labute approximate surface area is 230 Å². The van der Waals surface area contributed by atoms with E-state index in [0.29, 0.717) is 5.00 Å². The number of likely N-dealkylation sites (tertiary alicyclic amines) is 1. The van der Waals surface area contributed by atoms with Crippen molar-refractivity contribution in [1.29, 1.82) is 0 Å². The van der Waals surface area contributed by atoms with Crippen LogP contribution in [0, 0.1) is 6.92 Å². The number of nitrogens with two attached hydrogens (primary N) is 2. The van der Waals surface area contributed by atoms with Crippen LogP contribution >= 0.6 is 11.3 Å². The van der Waals surface area contributed by atoms with Gasteiger partial charge < -0.3 is 21.1 Å². The van der Waals surface area contributed by atoms with Crippen molar-refractivity contribution in [2.45, 2.75) is 51.6 Å². The molecule has 1 fully saturated rings. The van der Waals surface area contributed by atoms with Crippen molar-refractivity contribution in [2.24, 2.45) is 11.5 Å². The molecule has 0 saturated carbocycles. The van der Waals surface area contributed by atoms with Gasteiger partial charge in [-0.1, -0.05) is 36.9 Å². The monoisotopic (exact) mass is 558 g/mol. The maximum absolute atomic E-state index is 13.6. The Balaban J connectivity index is 1.63. The number of aryl methyl sites for hydroxylation is 1. The third-order valence-corrected chi connectivity index (χ3v) is 8.04. The Hall–Kier alpha value is -3.34. The van der Waals surface area contributed by atoms with Crippen LogP contribution in [0.3, 0.4) is 0 Å². The average molecular weight is 559 g/mol. The predicted octanol–water partition coefficient (Wildman–Crippen LogP) is 6.52. The molecule has 4 rings (SSSR count). The molecule has 1 aliphatic heterocycles. The molecule has 1 amide bonds. The Morgan fingerprint density at radius 2 is 1.92 bits per heavy atom. The summed E-state index contributed by atoms with van der Waals surface area (Å²) < 4.78 is 46.7. The highest BCUT2D eigenvalue weighted by atomic mass is 32.1. The van der Waals surface area contributed by atoms with Crippen LogP contribution in [0.1, 0.15) is 57.8 Å². The summed E-state index contributed by atoms with van der Waals surface area (Å²) in [7, 11) is 0. The molecule has 0 unspecified atom stereocenters. The lowest BCUT2D eigenvalue weighted by molar-refractivity contribution is -0.139. The number of carbonyl (C=O) groups is 1. The molecule has 39 heavy (non-hydrogen) atoms. The van der Waals surface area contributed by atoms with E-state index in [1.54, 1.807) is 12.3 Å². The van der Waals surface area contributed by atoms with E-state index in [1.165, 1.54) is 25.1 Å². The molecule has 0 spiro atoms. The van der Waals surface area contributed by atoms with Crippen LogP contribution in [0.2, 0.25) is 0 Å². The number of hydrogen-bond acceptors (Lipinski definition) is 6. The van der Waals surface area contributed by atoms with Crippen LogP contribution in [0.15, 0.2) is 61.3 Å². The van der Waals surface area contributed by atoms with Gasteiger partial charge in [0, 0.05) is 36.1 Å². The van der Waals surface area contributed by atoms with E-state index in [4.69, 9.17) is 16.2 Å². The number of amides is 1. The number of alkyl halides is 3. The third kappa shape index (κ3) is 6.63. The Morgan fingerprint density at radius 1 is 1.23 bits per heavy atom. The second-order valence-electron chi connectivity index (χ2n) is 9.77. The van der Waals surface area contributed by atoms with Crippen molar-refractivity contribution in [3.8, 4) is 5.75 Å². The average Bonchev–Trinajstić information content (AvgIpc) is 3.30. The smallest absolute Gasteiger partial charge is 0.416 e. The van der Waals surface area contributed by atoms with E-state index in [2.05, 4.69) is 23.6 Å². The highest BCUT2D eigenvalue weighted by molar-refractivity contribution is 7.18. The van der Waals surface area contributed by atoms with Gasteiger partial charge in [-0.2, -0.15) is 13.2 Å². The van der Waals surface area contributed by atoms with Crippen molar-refractivity contribution in [1.82, 2.24) is 4.90 Å². The molecular weight excluding hydrogens is 525 g/mol. The molecule has 1 aliphatic rings. The van der Waals surface area contributed by atoms with Crippen LogP contribution < -0.4 is 21.1 Å². The molecule has 4 N–H and O–H groups in total. The van der Waals surface area contributed by atoms with E-state index < -0.39 is 23.8 Å². The highest BCUT2D eigenvalue weighted by Crippen LogP contribution is 2.43. The molecular formula is C29H33F3N4O2S. The molecule has 1 atom stereocenters. The zero-order valence-electron chi connectivity index (χ0n) is 22.0. The second-order valence-corrected chi connectivity index (χ2v) is 10.8.